The number of methoxy groups -OCH3 is 1. The van der Waals surface area contributed by atoms with Crippen LogP contribution in [0.5, 0.6) is 0 Å². The zero-order valence-electron chi connectivity index (χ0n) is 31.6. The van der Waals surface area contributed by atoms with Crippen molar-refractivity contribution in [2.24, 2.45) is 17.8 Å². The van der Waals surface area contributed by atoms with Crippen LogP contribution in [0.25, 0.3) is 0 Å². The Morgan fingerprint density at radius 1 is 1.12 bits per heavy atom. The number of hydrogen-bond donors (Lipinski definition) is 4. The molecule has 1 aromatic carbocycles. The van der Waals surface area contributed by atoms with Gasteiger partial charge in [-0.15, -0.1) is 11.3 Å². The molecule has 0 spiro atoms. The molecule has 278 valence electrons. The van der Waals surface area contributed by atoms with Crippen LogP contribution in [0.1, 0.15) is 119 Å². The lowest BCUT2D eigenvalue weighted by Crippen LogP contribution is -2.58. The molecule has 0 saturated heterocycles. The Morgan fingerprint density at radius 2 is 1.82 bits per heavy atom. The summed E-state index contributed by atoms with van der Waals surface area (Å²) >= 11 is 1.24. The number of allylic oxidation sites excluding steroid dienone is 1. The van der Waals surface area contributed by atoms with Gasteiger partial charge in [0.25, 0.3) is 5.91 Å². The number of hydrogen-bond acceptors (Lipinski definition) is 8. The van der Waals surface area contributed by atoms with Crippen molar-refractivity contribution in [3.63, 3.8) is 0 Å². The van der Waals surface area contributed by atoms with Gasteiger partial charge in [-0.25, -0.2) is 4.98 Å². The number of carbonyl (C=O) groups excluding carboxylic acids is 3. The van der Waals surface area contributed by atoms with Gasteiger partial charge >= 0.3 is 0 Å². The monoisotopic (exact) mass is 711 g/mol. The largest absolute Gasteiger partial charge is 0.501 e. The van der Waals surface area contributed by atoms with Crippen LogP contribution >= 0.6 is 11.3 Å². The standard InChI is InChI=1S/C39H61N5O5S/c1-11-17-44(39(48)35(25(7)12-2)43-36(46)31(40-9)18-23(3)4)33(24(5)6)21-34(45)38-42-32(22-50-38)37(47)41-28-19-27-15-13-14-16-29(27)30(20-28)26(8)49-10/h13-16,22-25,28,30-31,33-35,40,45H,8,11-12,17-21H2,1-7,9-10H3,(H,41,47)(H,43,46). The highest BCUT2D eigenvalue weighted by molar-refractivity contribution is 7.09. The third kappa shape index (κ3) is 10.6. The Bertz CT molecular complexity index is 1430. The molecule has 3 amide bonds. The maximum Gasteiger partial charge on any atom is 0.270 e. The van der Waals surface area contributed by atoms with Gasteiger partial charge in [0, 0.05) is 36.3 Å². The van der Waals surface area contributed by atoms with E-state index in [1.165, 1.54) is 16.9 Å². The molecule has 0 radical (unpaired) electrons. The lowest BCUT2D eigenvalue weighted by molar-refractivity contribution is -0.142. The summed E-state index contributed by atoms with van der Waals surface area (Å²) in [7, 11) is 3.39. The number of nitrogens with one attached hydrogen (secondary N) is 3. The number of nitrogens with zero attached hydrogens (tertiary/aromatic N) is 2. The van der Waals surface area contributed by atoms with Crippen LogP contribution in [0.2, 0.25) is 0 Å². The Labute approximate surface area is 303 Å². The number of ether oxygens (including phenoxy) is 1. The van der Waals surface area contributed by atoms with Gasteiger partial charge in [-0.3, -0.25) is 14.4 Å². The highest BCUT2D eigenvalue weighted by Gasteiger charge is 2.37. The fourth-order valence-electron chi connectivity index (χ4n) is 6.89. The minimum Gasteiger partial charge on any atom is -0.501 e. The smallest absolute Gasteiger partial charge is 0.270 e. The van der Waals surface area contributed by atoms with Crippen molar-refractivity contribution < 1.29 is 24.2 Å². The molecule has 0 fully saturated rings. The number of carbonyl (C=O) groups is 3. The molecule has 4 N–H and O–H groups in total. The van der Waals surface area contributed by atoms with E-state index < -0.39 is 18.2 Å². The van der Waals surface area contributed by atoms with E-state index in [0.717, 1.165) is 18.4 Å². The van der Waals surface area contributed by atoms with Gasteiger partial charge in [-0.2, -0.15) is 0 Å². The molecule has 0 aliphatic heterocycles. The zero-order chi connectivity index (χ0) is 37.1. The second-order valence-corrected chi connectivity index (χ2v) is 15.4. The summed E-state index contributed by atoms with van der Waals surface area (Å²) < 4.78 is 5.49. The van der Waals surface area contributed by atoms with Crippen molar-refractivity contribution in [1.29, 1.82) is 0 Å². The van der Waals surface area contributed by atoms with Gasteiger partial charge < -0.3 is 30.7 Å². The molecule has 10 nitrogen and oxygen atoms in total. The summed E-state index contributed by atoms with van der Waals surface area (Å²) in [5.41, 5.74) is 2.58. The summed E-state index contributed by atoms with van der Waals surface area (Å²) in [6, 6.07) is 6.63. The Hall–Kier alpha value is -3.28. The van der Waals surface area contributed by atoms with Crippen molar-refractivity contribution in [2.45, 2.75) is 123 Å². The van der Waals surface area contributed by atoms with Gasteiger partial charge in [0.1, 0.15) is 22.8 Å². The highest BCUT2D eigenvalue weighted by atomic mass is 32.1. The molecule has 3 rings (SSSR count). The van der Waals surface area contributed by atoms with Crippen molar-refractivity contribution in [3.8, 4) is 0 Å². The summed E-state index contributed by atoms with van der Waals surface area (Å²) in [6.07, 6.45) is 2.74. The molecule has 1 aliphatic carbocycles. The fourth-order valence-corrected chi connectivity index (χ4v) is 7.69. The average Bonchev–Trinajstić information content (AvgIpc) is 3.60. The molecule has 1 aromatic heterocycles. The SMILES string of the molecule is C=C(OC)C1CC(NC(=O)c2csc(C(O)CC(C(C)C)N(CCC)C(=O)C(NC(=O)C(CC(C)C)NC)C(C)CC)n2)Cc2ccccc21. The Balaban J connectivity index is 1.76. The summed E-state index contributed by atoms with van der Waals surface area (Å²) in [4.78, 5) is 47.5. The number of thiazole rings is 1. The second-order valence-electron chi connectivity index (χ2n) is 14.5. The van der Waals surface area contributed by atoms with Crippen LogP contribution in [0, 0.1) is 17.8 Å². The first-order valence-electron chi connectivity index (χ1n) is 18.3. The van der Waals surface area contributed by atoms with Crippen LogP contribution in [-0.4, -0.2) is 77.6 Å². The summed E-state index contributed by atoms with van der Waals surface area (Å²) in [5.74, 6) is 0.283. The van der Waals surface area contributed by atoms with Crippen LogP contribution in [0.3, 0.4) is 0 Å². The van der Waals surface area contributed by atoms with Crippen LogP contribution < -0.4 is 16.0 Å². The first-order chi connectivity index (χ1) is 23.8. The third-order valence-corrected chi connectivity index (χ3v) is 10.9. The van der Waals surface area contributed by atoms with Gasteiger partial charge in [-0.1, -0.05) is 85.7 Å². The van der Waals surface area contributed by atoms with Crippen LogP contribution in [0.4, 0.5) is 0 Å². The van der Waals surface area contributed by atoms with Gasteiger partial charge in [-0.05, 0) is 61.6 Å². The van der Waals surface area contributed by atoms with Crippen LogP contribution in [0.15, 0.2) is 42.0 Å². The topological polar surface area (TPSA) is 133 Å². The fraction of sp³-hybridized carbons (Fsp3) is 0.641. The van der Waals surface area contributed by atoms with E-state index in [9.17, 15) is 19.5 Å². The lowest BCUT2D eigenvalue weighted by atomic mass is 9.79. The molecule has 0 saturated carbocycles. The van der Waals surface area contributed by atoms with Crippen molar-refractivity contribution in [2.75, 3.05) is 20.7 Å². The summed E-state index contributed by atoms with van der Waals surface area (Å²) in [5, 5.41) is 22.9. The minimum atomic E-state index is -0.978. The Morgan fingerprint density at radius 3 is 2.42 bits per heavy atom. The first kappa shape index (κ1) is 41.1. The number of amides is 3. The van der Waals surface area contributed by atoms with E-state index in [1.807, 2.05) is 51.7 Å². The van der Waals surface area contributed by atoms with E-state index in [2.05, 4.69) is 53.5 Å². The van der Waals surface area contributed by atoms with Gasteiger partial charge in [0.05, 0.1) is 18.9 Å². The third-order valence-electron chi connectivity index (χ3n) is 9.97. The molecule has 1 aliphatic rings. The number of likely N-dealkylation sites (N-methyl/N-ethyl adjacent to an activating group) is 1. The lowest BCUT2D eigenvalue weighted by Gasteiger charge is -2.39. The molecule has 1 heterocycles. The molecular formula is C39H61N5O5S. The molecular weight excluding hydrogens is 651 g/mol. The van der Waals surface area contributed by atoms with Gasteiger partial charge in [0.2, 0.25) is 11.8 Å². The molecule has 0 bridgehead atoms. The van der Waals surface area contributed by atoms with E-state index in [4.69, 9.17) is 4.74 Å². The van der Waals surface area contributed by atoms with E-state index in [-0.39, 0.29) is 59.7 Å². The maximum absolute atomic E-state index is 14.3. The van der Waals surface area contributed by atoms with Crippen molar-refractivity contribution in [3.05, 3.63) is 63.8 Å². The first-order valence-corrected chi connectivity index (χ1v) is 19.2. The number of aromatic nitrogens is 1. The predicted octanol–water partition coefficient (Wildman–Crippen LogP) is 5.98. The summed E-state index contributed by atoms with van der Waals surface area (Å²) in [6.45, 7) is 18.8. The second kappa shape index (κ2) is 19.4. The zero-order valence-corrected chi connectivity index (χ0v) is 32.4. The van der Waals surface area contributed by atoms with Crippen molar-refractivity contribution >= 4 is 29.1 Å². The van der Waals surface area contributed by atoms with Gasteiger partial charge in [0.15, 0.2) is 0 Å². The highest BCUT2D eigenvalue weighted by Crippen LogP contribution is 2.36. The minimum absolute atomic E-state index is 0.0196. The molecule has 2 aromatic rings. The van der Waals surface area contributed by atoms with E-state index >= 15 is 0 Å². The van der Waals surface area contributed by atoms with Crippen molar-refractivity contribution in [1.82, 2.24) is 25.8 Å². The maximum atomic E-state index is 14.3. The number of benzene rings is 1. The Kier molecular flexibility index (Phi) is 15.9. The molecule has 11 heteroatoms. The van der Waals surface area contributed by atoms with Crippen LogP contribution in [-0.2, 0) is 20.7 Å². The molecule has 7 atom stereocenters. The number of rotatable bonds is 19. The molecule has 50 heavy (non-hydrogen) atoms. The molecule has 7 unspecified atom stereocenters. The average molecular weight is 712 g/mol. The van der Waals surface area contributed by atoms with E-state index in [0.29, 0.717) is 42.5 Å². The number of aliphatic hydroxyl groups excluding tert-OH is 1. The number of aliphatic hydroxyl groups is 1. The van der Waals surface area contributed by atoms with E-state index in [1.54, 1.807) is 19.5 Å². The quantitative estimate of drug-likeness (QED) is 0.132. The normalized spacial score (nSPS) is 18.8. The number of fused-ring (bicyclic) bond motifs is 1. The predicted molar refractivity (Wildman–Crippen MR) is 201 cm³/mol.